The van der Waals surface area contributed by atoms with Gasteiger partial charge in [-0.1, -0.05) is 35.6 Å². The van der Waals surface area contributed by atoms with Crippen LogP contribution < -0.4 is 14.4 Å². The van der Waals surface area contributed by atoms with Crippen molar-refractivity contribution in [2.45, 2.75) is 12.5 Å². The van der Waals surface area contributed by atoms with Crippen molar-refractivity contribution in [3.63, 3.8) is 0 Å². The molecule has 0 N–H and O–H groups in total. The summed E-state index contributed by atoms with van der Waals surface area (Å²) in [5.41, 5.74) is 0.902. The monoisotopic (exact) mass is 397 g/mol. The number of nitrogens with zero attached hydrogens (tertiary/aromatic N) is 3. The highest BCUT2D eigenvalue weighted by Gasteiger charge is 2.33. The number of aromatic nitrogens is 1. The lowest BCUT2D eigenvalue weighted by Gasteiger charge is -2.29. The summed E-state index contributed by atoms with van der Waals surface area (Å²) in [6.45, 7) is 1.67. The number of hydrogen-bond acceptors (Lipinski definition) is 6. The van der Waals surface area contributed by atoms with Crippen LogP contribution in [0.15, 0.2) is 48.5 Å². The maximum atomic E-state index is 13.3. The second-order valence-corrected chi connectivity index (χ2v) is 7.98. The molecule has 1 aliphatic rings. The summed E-state index contributed by atoms with van der Waals surface area (Å²) in [5, 5.41) is 0.701. The molecule has 1 aliphatic heterocycles. The fourth-order valence-corrected chi connectivity index (χ4v) is 4.13. The first kappa shape index (κ1) is 18.7. The summed E-state index contributed by atoms with van der Waals surface area (Å²) < 4.78 is 12.8. The van der Waals surface area contributed by atoms with E-state index in [0.29, 0.717) is 23.2 Å². The van der Waals surface area contributed by atoms with Gasteiger partial charge >= 0.3 is 0 Å². The average Bonchev–Trinajstić information content (AvgIpc) is 3.14. The van der Waals surface area contributed by atoms with Crippen LogP contribution in [0.1, 0.15) is 6.42 Å². The molecule has 7 heteroatoms. The molecule has 6 nitrogen and oxygen atoms in total. The van der Waals surface area contributed by atoms with Gasteiger partial charge in [0, 0.05) is 6.54 Å². The van der Waals surface area contributed by atoms with Gasteiger partial charge in [-0.2, -0.15) is 0 Å². The predicted octanol–water partition coefficient (Wildman–Crippen LogP) is 3.42. The molecule has 28 heavy (non-hydrogen) atoms. The molecular formula is C21H23N3O3S. The van der Waals surface area contributed by atoms with Crippen LogP contribution in [-0.2, 0) is 4.79 Å². The zero-order valence-corrected chi connectivity index (χ0v) is 16.8. The molecule has 4 rings (SSSR count). The first-order chi connectivity index (χ1) is 13.6. The largest absolute Gasteiger partial charge is 0.485 e. The van der Waals surface area contributed by atoms with E-state index in [1.807, 2.05) is 62.6 Å². The molecule has 0 saturated heterocycles. The number of ether oxygens (including phenoxy) is 2. The Kier molecular flexibility index (Phi) is 5.45. The third-order valence-corrected chi connectivity index (χ3v) is 5.61. The first-order valence-corrected chi connectivity index (χ1v) is 10.1. The first-order valence-electron chi connectivity index (χ1n) is 9.32. The maximum Gasteiger partial charge on any atom is 0.273 e. The fourth-order valence-electron chi connectivity index (χ4n) is 3.14. The van der Waals surface area contributed by atoms with Gasteiger partial charge in [-0.15, -0.1) is 0 Å². The second kappa shape index (κ2) is 8.16. The van der Waals surface area contributed by atoms with Crippen molar-refractivity contribution >= 4 is 32.6 Å². The highest BCUT2D eigenvalue weighted by Crippen LogP contribution is 2.33. The van der Waals surface area contributed by atoms with E-state index in [2.05, 4.69) is 9.88 Å². The molecule has 0 bridgehead atoms. The van der Waals surface area contributed by atoms with Crippen LogP contribution >= 0.6 is 11.3 Å². The lowest BCUT2D eigenvalue weighted by molar-refractivity contribution is -0.127. The van der Waals surface area contributed by atoms with E-state index in [-0.39, 0.29) is 12.5 Å². The highest BCUT2D eigenvalue weighted by molar-refractivity contribution is 7.22. The number of anilines is 1. The van der Waals surface area contributed by atoms with Crippen molar-refractivity contribution in [2.24, 2.45) is 0 Å². The Bertz CT molecular complexity index is 939. The van der Waals surface area contributed by atoms with Gasteiger partial charge in [0.1, 0.15) is 6.61 Å². The minimum absolute atomic E-state index is 0.118. The van der Waals surface area contributed by atoms with Gasteiger partial charge in [0.05, 0.1) is 10.2 Å². The fraction of sp³-hybridized carbons (Fsp3) is 0.333. The highest BCUT2D eigenvalue weighted by atomic mass is 32.1. The Morgan fingerprint density at radius 1 is 1.11 bits per heavy atom. The number of carbonyl (C=O) groups excluding carboxylic acids is 1. The van der Waals surface area contributed by atoms with Gasteiger partial charge in [-0.05, 0) is 51.3 Å². The molecule has 1 amide bonds. The molecule has 1 atom stereocenters. The third kappa shape index (κ3) is 3.95. The Morgan fingerprint density at radius 3 is 2.64 bits per heavy atom. The number of thiazole rings is 1. The van der Waals surface area contributed by atoms with Crippen molar-refractivity contribution in [1.82, 2.24) is 9.88 Å². The zero-order chi connectivity index (χ0) is 19.5. The number of para-hydroxylation sites is 3. The Labute approximate surface area is 168 Å². The molecule has 146 valence electrons. The Balaban J connectivity index is 1.58. The molecule has 2 heterocycles. The predicted molar refractivity (Wildman–Crippen MR) is 111 cm³/mol. The SMILES string of the molecule is CN(C)CCCN(C(=O)C1COc2ccccc2O1)c1nc2ccccc2s1. The van der Waals surface area contributed by atoms with Gasteiger partial charge in [-0.25, -0.2) is 4.98 Å². The molecule has 3 aromatic rings. The molecule has 1 unspecified atom stereocenters. The molecule has 1 aromatic heterocycles. The molecule has 0 saturated carbocycles. The number of hydrogen-bond donors (Lipinski definition) is 0. The van der Waals surface area contributed by atoms with Crippen LogP contribution in [0.25, 0.3) is 10.2 Å². The van der Waals surface area contributed by atoms with Gasteiger partial charge in [-0.3, -0.25) is 9.69 Å². The molecule has 0 aliphatic carbocycles. The lowest BCUT2D eigenvalue weighted by atomic mass is 10.2. The maximum absolute atomic E-state index is 13.3. The summed E-state index contributed by atoms with van der Waals surface area (Å²) in [7, 11) is 4.05. The summed E-state index contributed by atoms with van der Waals surface area (Å²) in [5.74, 6) is 1.16. The number of fused-ring (bicyclic) bond motifs is 2. The van der Waals surface area contributed by atoms with Crippen molar-refractivity contribution < 1.29 is 14.3 Å². The summed E-state index contributed by atoms with van der Waals surface area (Å²) in [6.07, 6.45) is 0.167. The smallest absolute Gasteiger partial charge is 0.273 e. The average molecular weight is 398 g/mol. The van der Waals surface area contributed by atoms with Crippen LogP contribution in [0, 0.1) is 0 Å². The molecule has 2 aromatic carbocycles. The van der Waals surface area contributed by atoms with Crippen LogP contribution in [0.5, 0.6) is 11.5 Å². The normalized spacial score (nSPS) is 15.8. The van der Waals surface area contributed by atoms with Gasteiger partial charge in [0.2, 0.25) is 6.10 Å². The van der Waals surface area contributed by atoms with Crippen molar-refractivity contribution in [2.75, 3.05) is 38.7 Å². The van der Waals surface area contributed by atoms with Crippen LogP contribution in [0.3, 0.4) is 0 Å². The molecular weight excluding hydrogens is 374 g/mol. The minimum atomic E-state index is -0.679. The second-order valence-electron chi connectivity index (χ2n) is 6.98. The van der Waals surface area contributed by atoms with Gasteiger partial charge in [0.25, 0.3) is 5.91 Å². The zero-order valence-electron chi connectivity index (χ0n) is 16.0. The lowest BCUT2D eigenvalue weighted by Crippen LogP contribution is -2.47. The molecule has 0 fully saturated rings. The van der Waals surface area contributed by atoms with Crippen LogP contribution in [-0.4, -0.2) is 55.7 Å². The van der Waals surface area contributed by atoms with E-state index in [1.54, 1.807) is 4.90 Å². The number of rotatable bonds is 6. The van der Waals surface area contributed by atoms with Crippen molar-refractivity contribution in [3.8, 4) is 11.5 Å². The number of benzene rings is 2. The Morgan fingerprint density at radius 2 is 1.86 bits per heavy atom. The topological polar surface area (TPSA) is 54.9 Å². The minimum Gasteiger partial charge on any atom is -0.485 e. The summed E-state index contributed by atoms with van der Waals surface area (Å²) in [6, 6.07) is 15.4. The number of amides is 1. The number of carbonyl (C=O) groups is 1. The van der Waals surface area contributed by atoms with E-state index in [9.17, 15) is 4.79 Å². The van der Waals surface area contributed by atoms with Crippen LogP contribution in [0.2, 0.25) is 0 Å². The summed E-state index contributed by atoms with van der Waals surface area (Å²) >= 11 is 1.53. The Hall–Kier alpha value is -2.64. The molecule has 0 radical (unpaired) electrons. The van der Waals surface area contributed by atoms with E-state index in [1.165, 1.54) is 11.3 Å². The van der Waals surface area contributed by atoms with Crippen molar-refractivity contribution in [3.05, 3.63) is 48.5 Å². The van der Waals surface area contributed by atoms with E-state index in [4.69, 9.17) is 9.47 Å². The summed E-state index contributed by atoms with van der Waals surface area (Å²) in [4.78, 5) is 21.9. The van der Waals surface area contributed by atoms with E-state index < -0.39 is 6.10 Å². The van der Waals surface area contributed by atoms with Gasteiger partial charge < -0.3 is 14.4 Å². The standard InChI is InChI=1S/C21H23N3O3S/c1-23(2)12-7-13-24(21-22-15-8-3-6-11-19(15)28-21)20(25)18-14-26-16-9-4-5-10-17(16)27-18/h3-6,8-11,18H,7,12-14H2,1-2H3. The van der Waals surface area contributed by atoms with Crippen LogP contribution in [0.4, 0.5) is 5.13 Å². The van der Waals surface area contributed by atoms with E-state index >= 15 is 0 Å². The quantitative estimate of drug-likeness (QED) is 0.638. The van der Waals surface area contributed by atoms with Gasteiger partial charge in [0.15, 0.2) is 16.6 Å². The van der Waals surface area contributed by atoms with E-state index in [0.717, 1.165) is 23.2 Å². The third-order valence-electron chi connectivity index (χ3n) is 4.55. The molecule has 0 spiro atoms. The van der Waals surface area contributed by atoms with Crippen molar-refractivity contribution in [1.29, 1.82) is 0 Å².